The van der Waals surface area contributed by atoms with Crippen LogP contribution in [-0.4, -0.2) is 39.0 Å². The minimum Gasteiger partial charge on any atom is -0.492 e. The van der Waals surface area contributed by atoms with Crippen molar-refractivity contribution in [2.45, 2.75) is 20.8 Å². The molecule has 1 aromatic rings. The molecule has 108 valence electrons. The lowest BCUT2D eigenvalue weighted by Gasteiger charge is -2.18. The minimum atomic E-state index is -3.38. The highest BCUT2D eigenvalue weighted by Gasteiger charge is 2.17. The topological polar surface area (TPSA) is 58.6 Å². The Morgan fingerprint density at radius 3 is 2.42 bits per heavy atom. The van der Waals surface area contributed by atoms with Crippen LogP contribution in [-0.2, 0) is 10.2 Å². The minimum absolute atomic E-state index is 0.257. The van der Waals surface area contributed by atoms with Gasteiger partial charge in [-0.2, -0.15) is 17.4 Å². The first-order valence-electron chi connectivity index (χ1n) is 6.44. The second kappa shape index (κ2) is 7.47. The highest BCUT2D eigenvalue weighted by atomic mass is 32.2. The molecule has 0 aliphatic carbocycles. The summed E-state index contributed by atoms with van der Waals surface area (Å²) in [5.74, 6) is 0.782. The number of aryl methyl sites for hydroxylation is 1. The number of hydrogen-bond acceptors (Lipinski definition) is 3. The number of nitrogens with one attached hydrogen (secondary N) is 1. The summed E-state index contributed by atoms with van der Waals surface area (Å²) in [6.45, 7) is 7.07. The first-order valence-corrected chi connectivity index (χ1v) is 7.88. The van der Waals surface area contributed by atoms with Gasteiger partial charge in [-0.1, -0.05) is 32.0 Å². The van der Waals surface area contributed by atoms with Gasteiger partial charge in [-0.05, 0) is 18.6 Å². The molecule has 0 fully saturated rings. The van der Waals surface area contributed by atoms with Gasteiger partial charge >= 0.3 is 0 Å². The summed E-state index contributed by atoms with van der Waals surface area (Å²) in [5.41, 5.74) is 1.04. The standard InChI is InChI=1S/C13H22N2O3S/c1-4-15(5-2)19(16,17)14-10-11-18-13-9-7-6-8-12(13)3/h6-9,14H,4-5,10-11H2,1-3H3. The van der Waals surface area contributed by atoms with Gasteiger partial charge in [0.25, 0.3) is 10.2 Å². The molecule has 0 aliphatic rings. The van der Waals surface area contributed by atoms with Crippen LogP contribution in [0, 0.1) is 6.92 Å². The van der Waals surface area contributed by atoms with Gasteiger partial charge in [-0.3, -0.25) is 0 Å². The monoisotopic (exact) mass is 286 g/mol. The quantitative estimate of drug-likeness (QED) is 0.738. The zero-order valence-corrected chi connectivity index (χ0v) is 12.5. The largest absolute Gasteiger partial charge is 0.492 e. The van der Waals surface area contributed by atoms with Crippen molar-refractivity contribution in [3.8, 4) is 5.75 Å². The molecule has 0 amide bonds. The van der Waals surface area contributed by atoms with Crippen LogP contribution in [0.2, 0.25) is 0 Å². The van der Waals surface area contributed by atoms with Gasteiger partial charge in [0.1, 0.15) is 12.4 Å². The van der Waals surface area contributed by atoms with E-state index in [9.17, 15) is 8.42 Å². The summed E-state index contributed by atoms with van der Waals surface area (Å²) in [6, 6.07) is 7.65. The molecule has 0 aliphatic heterocycles. The van der Waals surface area contributed by atoms with Crippen molar-refractivity contribution in [2.75, 3.05) is 26.2 Å². The maximum absolute atomic E-state index is 11.8. The predicted octanol–water partition coefficient (Wildman–Crippen LogP) is 1.55. The van der Waals surface area contributed by atoms with Crippen molar-refractivity contribution in [2.24, 2.45) is 0 Å². The van der Waals surface area contributed by atoms with Crippen molar-refractivity contribution in [3.05, 3.63) is 29.8 Å². The summed E-state index contributed by atoms with van der Waals surface area (Å²) in [4.78, 5) is 0. The fourth-order valence-corrected chi connectivity index (χ4v) is 2.91. The number of benzene rings is 1. The molecule has 19 heavy (non-hydrogen) atoms. The van der Waals surface area contributed by atoms with Gasteiger partial charge in [-0.25, -0.2) is 0 Å². The third-order valence-electron chi connectivity index (χ3n) is 2.78. The van der Waals surface area contributed by atoms with E-state index in [-0.39, 0.29) is 6.54 Å². The molecule has 1 rings (SSSR count). The van der Waals surface area contributed by atoms with E-state index in [4.69, 9.17) is 4.74 Å². The Morgan fingerprint density at radius 1 is 1.21 bits per heavy atom. The molecular formula is C13H22N2O3S. The van der Waals surface area contributed by atoms with Gasteiger partial charge in [0.15, 0.2) is 0 Å². The van der Waals surface area contributed by atoms with Crippen LogP contribution in [0.25, 0.3) is 0 Å². The fourth-order valence-electron chi connectivity index (χ4n) is 1.70. The molecule has 0 bridgehead atoms. The van der Waals surface area contributed by atoms with Gasteiger partial charge in [0.05, 0.1) is 0 Å². The van der Waals surface area contributed by atoms with E-state index < -0.39 is 10.2 Å². The highest BCUT2D eigenvalue weighted by molar-refractivity contribution is 7.87. The second-order valence-electron chi connectivity index (χ2n) is 4.10. The smallest absolute Gasteiger partial charge is 0.279 e. The molecule has 1 aromatic carbocycles. The summed E-state index contributed by atoms with van der Waals surface area (Å²) in [7, 11) is -3.38. The molecule has 6 heteroatoms. The third-order valence-corrected chi connectivity index (χ3v) is 4.55. The van der Waals surface area contributed by atoms with E-state index in [1.165, 1.54) is 4.31 Å². The maximum Gasteiger partial charge on any atom is 0.279 e. The molecule has 0 spiro atoms. The molecule has 0 heterocycles. The lowest BCUT2D eigenvalue weighted by Crippen LogP contribution is -2.41. The summed E-state index contributed by atoms with van der Waals surface area (Å²) in [6.07, 6.45) is 0. The predicted molar refractivity (Wildman–Crippen MR) is 76.5 cm³/mol. The number of hydrogen-bond donors (Lipinski definition) is 1. The zero-order chi connectivity index (χ0) is 14.3. The zero-order valence-electron chi connectivity index (χ0n) is 11.7. The first kappa shape index (κ1) is 15.9. The molecule has 0 aromatic heterocycles. The van der Waals surface area contributed by atoms with E-state index in [1.54, 1.807) is 0 Å². The Labute approximate surface area is 115 Å². The number of nitrogens with zero attached hydrogens (tertiary/aromatic N) is 1. The Bertz CT molecular complexity index is 484. The van der Waals surface area contributed by atoms with Gasteiger partial charge in [0, 0.05) is 19.6 Å². The molecule has 0 saturated carbocycles. The molecule has 0 unspecified atom stereocenters. The van der Waals surface area contributed by atoms with Gasteiger partial charge in [-0.15, -0.1) is 0 Å². The molecular weight excluding hydrogens is 264 g/mol. The van der Waals surface area contributed by atoms with E-state index in [1.807, 2.05) is 45.0 Å². The fraction of sp³-hybridized carbons (Fsp3) is 0.538. The normalized spacial score (nSPS) is 11.8. The van der Waals surface area contributed by atoms with Crippen LogP contribution in [0.5, 0.6) is 5.75 Å². The molecule has 0 atom stereocenters. The molecule has 0 radical (unpaired) electrons. The van der Waals surface area contributed by atoms with Crippen molar-refractivity contribution < 1.29 is 13.2 Å². The van der Waals surface area contributed by atoms with Crippen molar-refractivity contribution in [1.29, 1.82) is 0 Å². The van der Waals surface area contributed by atoms with Crippen LogP contribution in [0.15, 0.2) is 24.3 Å². The van der Waals surface area contributed by atoms with Crippen LogP contribution in [0.3, 0.4) is 0 Å². The summed E-state index contributed by atoms with van der Waals surface area (Å²) >= 11 is 0. The molecule has 5 nitrogen and oxygen atoms in total. The van der Waals surface area contributed by atoms with Gasteiger partial charge < -0.3 is 4.74 Å². The Morgan fingerprint density at radius 2 is 1.84 bits per heavy atom. The summed E-state index contributed by atoms with van der Waals surface area (Å²) in [5, 5.41) is 0. The Balaban J connectivity index is 2.41. The lowest BCUT2D eigenvalue weighted by atomic mass is 10.2. The average Bonchev–Trinajstić information content (AvgIpc) is 2.37. The Hall–Kier alpha value is -1.11. The van der Waals surface area contributed by atoms with Crippen LogP contribution in [0.1, 0.15) is 19.4 Å². The highest BCUT2D eigenvalue weighted by Crippen LogP contribution is 2.15. The molecule has 0 saturated heterocycles. The van der Waals surface area contributed by atoms with Crippen molar-refractivity contribution >= 4 is 10.2 Å². The van der Waals surface area contributed by atoms with Crippen LogP contribution >= 0.6 is 0 Å². The Kier molecular flexibility index (Phi) is 6.27. The van der Waals surface area contributed by atoms with Crippen molar-refractivity contribution in [3.63, 3.8) is 0 Å². The van der Waals surface area contributed by atoms with Crippen LogP contribution < -0.4 is 9.46 Å². The SMILES string of the molecule is CCN(CC)S(=O)(=O)NCCOc1ccccc1C. The number of para-hydroxylation sites is 1. The van der Waals surface area contributed by atoms with E-state index in [2.05, 4.69) is 4.72 Å². The average molecular weight is 286 g/mol. The third kappa shape index (κ3) is 4.81. The summed E-state index contributed by atoms with van der Waals surface area (Å²) < 4.78 is 33.1. The van der Waals surface area contributed by atoms with Crippen LogP contribution in [0.4, 0.5) is 0 Å². The van der Waals surface area contributed by atoms with E-state index >= 15 is 0 Å². The lowest BCUT2D eigenvalue weighted by molar-refractivity contribution is 0.318. The van der Waals surface area contributed by atoms with E-state index in [0.29, 0.717) is 19.7 Å². The van der Waals surface area contributed by atoms with Gasteiger partial charge in [0.2, 0.25) is 0 Å². The number of rotatable bonds is 8. The second-order valence-corrected chi connectivity index (χ2v) is 5.85. The molecule has 1 N–H and O–H groups in total. The maximum atomic E-state index is 11.8. The van der Waals surface area contributed by atoms with E-state index in [0.717, 1.165) is 11.3 Å². The first-order chi connectivity index (χ1) is 9.01. The number of ether oxygens (including phenoxy) is 1. The van der Waals surface area contributed by atoms with Crippen molar-refractivity contribution in [1.82, 2.24) is 9.03 Å².